The van der Waals surface area contributed by atoms with E-state index in [1.54, 1.807) is 12.1 Å². The molecule has 1 unspecified atom stereocenters. The maximum Gasteiger partial charge on any atom is 0.185 e. The highest BCUT2D eigenvalue weighted by Crippen LogP contribution is 2.29. The Kier molecular flexibility index (Phi) is 8.43. The molecule has 3 N–H and O–H groups in total. The molecule has 214 valence electrons. The van der Waals surface area contributed by atoms with Gasteiger partial charge in [-0.25, -0.2) is 28.5 Å². The van der Waals surface area contributed by atoms with Gasteiger partial charge in [0, 0.05) is 43.5 Å². The number of nitrogens with zero attached hydrogens (tertiary/aromatic N) is 6. The number of rotatable bonds is 9. The number of aliphatic hydroxyl groups is 1. The molecule has 1 aliphatic heterocycles. The Morgan fingerprint density at radius 2 is 1.76 bits per heavy atom. The number of nitrogens with two attached hydrogens (primary N) is 1. The van der Waals surface area contributed by atoms with E-state index < -0.39 is 17.2 Å². The van der Waals surface area contributed by atoms with Gasteiger partial charge in [-0.1, -0.05) is 23.8 Å². The smallest absolute Gasteiger partial charge is 0.185 e. The molecule has 0 amide bonds. The van der Waals surface area contributed by atoms with E-state index in [0.29, 0.717) is 10.9 Å². The van der Waals surface area contributed by atoms with E-state index in [1.165, 1.54) is 23.4 Å². The van der Waals surface area contributed by atoms with Gasteiger partial charge in [0.1, 0.15) is 42.2 Å². The molecule has 0 spiro atoms. The zero-order chi connectivity index (χ0) is 29.0. The van der Waals surface area contributed by atoms with Crippen molar-refractivity contribution in [3.63, 3.8) is 0 Å². The van der Waals surface area contributed by atoms with Crippen molar-refractivity contribution in [1.82, 2.24) is 19.8 Å². The first-order chi connectivity index (χ1) is 19.7. The van der Waals surface area contributed by atoms with Crippen molar-refractivity contribution in [1.29, 1.82) is 0 Å². The SMILES string of the molecule is Cc1ccc(N(C(N)=S)N2CCN(c3ccc(OCC(O)(Cn4cncn4)c4ccc(F)cc4F)cc3)CC2)cc1. The number of halogens is 2. The molecule has 9 nitrogen and oxygen atoms in total. The number of hydrogen-bond acceptors (Lipinski definition) is 7. The Morgan fingerprint density at radius 1 is 1.05 bits per heavy atom. The van der Waals surface area contributed by atoms with Crippen LogP contribution in [0.1, 0.15) is 11.1 Å². The topological polar surface area (TPSA) is 95.9 Å². The summed E-state index contributed by atoms with van der Waals surface area (Å²) in [5.41, 5.74) is 7.26. The molecule has 4 aromatic rings. The lowest BCUT2D eigenvalue weighted by atomic mass is 9.94. The molecule has 5 rings (SSSR count). The Hall–Kier alpha value is -4.13. The van der Waals surface area contributed by atoms with Crippen LogP contribution >= 0.6 is 12.2 Å². The second kappa shape index (κ2) is 12.2. The Balaban J connectivity index is 1.23. The molecule has 3 aromatic carbocycles. The molecule has 0 bridgehead atoms. The minimum absolute atomic E-state index is 0.0967. The van der Waals surface area contributed by atoms with Crippen molar-refractivity contribution in [2.75, 3.05) is 42.7 Å². The Bertz CT molecular complexity index is 1460. The van der Waals surface area contributed by atoms with Gasteiger partial charge in [-0.3, -0.25) is 0 Å². The van der Waals surface area contributed by atoms with Crippen molar-refractivity contribution < 1.29 is 18.6 Å². The molecular formula is C29H31F2N7O2S. The molecule has 0 aliphatic carbocycles. The molecule has 0 radical (unpaired) electrons. The number of aromatic nitrogens is 3. The third kappa shape index (κ3) is 6.62. The van der Waals surface area contributed by atoms with E-state index in [-0.39, 0.29) is 18.7 Å². The molecule has 1 atom stereocenters. The Morgan fingerprint density at radius 3 is 2.37 bits per heavy atom. The first-order valence-electron chi connectivity index (χ1n) is 13.1. The predicted octanol–water partition coefficient (Wildman–Crippen LogP) is 3.62. The monoisotopic (exact) mass is 579 g/mol. The number of thiocarbonyl (C=S) groups is 1. The highest BCUT2D eigenvalue weighted by atomic mass is 32.1. The van der Waals surface area contributed by atoms with Crippen LogP contribution < -0.4 is 20.4 Å². The molecule has 1 fully saturated rings. The van der Waals surface area contributed by atoms with Crippen LogP contribution in [0.4, 0.5) is 20.2 Å². The number of hydrogen-bond donors (Lipinski definition) is 2. The minimum Gasteiger partial charge on any atom is -0.490 e. The summed E-state index contributed by atoms with van der Waals surface area (Å²) < 4.78 is 35.5. The van der Waals surface area contributed by atoms with Crippen LogP contribution in [-0.4, -0.2) is 62.8 Å². The number of hydrazine groups is 1. The summed E-state index contributed by atoms with van der Waals surface area (Å²) in [6.07, 6.45) is 2.72. The highest BCUT2D eigenvalue weighted by molar-refractivity contribution is 7.80. The molecule has 1 saturated heterocycles. The van der Waals surface area contributed by atoms with E-state index in [1.807, 2.05) is 48.3 Å². The van der Waals surface area contributed by atoms with Gasteiger partial charge in [-0.2, -0.15) is 5.10 Å². The molecule has 1 aliphatic rings. The number of ether oxygens (including phenoxy) is 1. The summed E-state index contributed by atoms with van der Waals surface area (Å²) >= 11 is 5.35. The van der Waals surface area contributed by atoms with Crippen LogP contribution in [0.15, 0.2) is 79.4 Å². The molecule has 1 aromatic heterocycles. The maximum atomic E-state index is 14.7. The second-order valence-corrected chi connectivity index (χ2v) is 10.4. The van der Waals surface area contributed by atoms with Crippen LogP contribution in [0.2, 0.25) is 0 Å². The fourth-order valence-electron chi connectivity index (χ4n) is 4.88. The highest BCUT2D eigenvalue weighted by Gasteiger charge is 2.35. The number of aryl methyl sites for hydroxylation is 1. The van der Waals surface area contributed by atoms with Gasteiger partial charge in [-0.05, 0) is 61.6 Å². The zero-order valence-corrected chi connectivity index (χ0v) is 23.3. The van der Waals surface area contributed by atoms with Crippen LogP contribution in [0.5, 0.6) is 5.75 Å². The molecule has 0 saturated carbocycles. The van der Waals surface area contributed by atoms with E-state index in [0.717, 1.165) is 55.2 Å². The summed E-state index contributed by atoms with van der Waals surface area (Å²) in [5, 5.41) is 19.8. The summed E-state index contributed by atoms with van der Waals surface area (Å²) in [7, 11) is 0. The largest absolute Gasteiger partial charge is 0.490 e. The third-order valence-corrected chi connectivity index (χ3v) is 7.20. The average Bonchev–Trinajstić information content (AvgIpc) is 3.46. The fraction of sp³-hybridized carbons (Fsp3) is 0.276. The molecule has 12 heteroatoms. The summed E-state index contributed by atoms with van der Waals surface area (Å²) in [6.45, 7) is 4.57. The summed E-state index contributed by atoms with van der Waals surface area (Å²) in [5.74, 6) is -1.12. The lowest BCUT2D eigenvalue weighted by Gasteiger charge is -2.42. The minimum atomic E-state index is -1.83. The van der Waals surface area contributed by atoms with Crippen molar-refractivity contribution >= 4 is 28.7 Å². The van der Waals surface area contributed by atoms with E-state index in [2.05, 4.69) is 20.0 Å². The van der Waals surface area contributed by atoms with Crippen LogP contribution in [0, 0.1) is 18.6 Å². The standard InChI is InChI=1S/C29H31F2N7O2S/c1-21-2-5-24(6-3-21)38(28(32)41)37-14-12-35(13-15-37)23-7-9-25(10-8-23)40-18-29(39,17-36-20-33-19-34-36)26-11-4-22(30)16-27(26)31/h2-11,16,19-20,39H,12-15,17-18H2,1H3,(H2,32,41). The quantitative estimate of drug-likeness (QED) is 0.288. The second-order valence-electron chi connectivity index (χ2n) is 9.96. The first kappa shape index (κ1) is 28.4. The van der Waals surface area contributed by atoms with E-state index in [9.17, 15) is 13.9 Å². The van der Waals surface area contributed by atoms with Gasteiger partial charge in [-0.15, -0.1) is 0 Å². The van der Waals surface area contributed by atoms with Gasteiger partial charge >= 0.3 is 0 Å². The lowest BCUT2D eigenvalue weighted by molar-refractivity contribution is -0.0297. The van der Waals surface area contributed by atoms with Crippen LogP contribution in [0.3, 0.4) is 0 Å². The number of piperazine rings is 1. The van der Waals surface area contributed by atoms with Crippen molar-refractivity contribution in [2.24, 2.45) is 5.73 Å². The average molecular weight is 580 g/mol. The van der Waals surface area contributed by atoms with Crippen LogP contribution in [-0.2, 0) is 12.1 Å². The van der Waals surface area contributed by atoms with E-state index >= 15 is 0 Å². The summed E-state index contributed by atoms with van der Waals surface area (Å²) in [6, 6.07) is 18.6. The Labute approximate surface area is 242 Å². The van der Waals surface area contributed by atoms with Gasteiger partial charge in [0.2, 0.25) is 0 Å². The lowest BCUT2D eigenvalue weighted by Crippen LogP contribution is -2.57. The van der Waals surface area contributed by atoms with Crippen molar-refractivity contribution in [3.05, 3.63) is 102 Å². The zero-order valence-electron chi connectivity index (χ0n) is 22.5. The third-order valence-electron chi connectivity index (χ3n) is 7.03. The molecular weight excluding hydrogens is 548 g/mol. The van der Waals surface area contributed by atoms with Gasteiger partial charge in [0.15, 0.2) is 5.11 Å². The normalized spacial score (nSPS) is 15.4. The van der Waals surface area contributed by atoms with Gasteiger partial charge < -0.3 is 20.5 Å². The molecule has 41 heavy (non-hydrogen) atoms. The summed E-state index contributed by atoms with van der Waals surface area (Å²) in [4.78, 5) is 6.13. The van der Waals surface area contributed by atoms with Crippen molar-refractivity contribution in [2.45, 2.75) is 19.1 Å². The van der Waals surface area contributed by atoms with Gasteiger partial charge in [0.25, 0.3) is 0 Å². The molecule has 2 heterocycles. The van der Waals surface area contributed by atoms with Crippen molar-refractivity contribution in [3.8, 4) is 5.75 Å². The van der Waals surface area contributed by atoms with Gasteiger partial charge in [0.05, 0.1) is 12.2 Å². The fourth-order valence-corrected chi connectivity index (χ4v) is 5.10. The van der Waals surface area contributed by atoms with E-state index in [4.69, 9.17) is 22.7 Å². The number of benzene rings is 3. The number of anilines is 2. The van der Waals surface area contributed by atoms with Crippen LogP contribution in [0.25, 0.3) is 0 Å². The predicted molar refractivity (Wildman–Crippen MR) is 156 cm³/mol. The first-order valence-corrected chi connectivity index (χ1v) is 13.5. The maximum absolute atomic E-state index is 14.7.